The zero-order valence-corrected chi connectivity index (χ0v) is 17.7. The van der Waals surface area contributed by atoms with Gasteiger partial charge >= 0.3 is 0 Å². The van der Waals surface area contributed by atoms with Crippen molar-refractivity contribution in [1.29, 1.82) is 0 Å². The number of piperazine rings is 1. The van der Waals surface area contributed by atoms with Crippen LogP contribution < -0.4 is 0 Å². The fourth-order valence-corrected chi connectivity index (χ4v) is 3.39. The molecule has 5 nitrogen and oxygen atoms in total. The summed E-state index contributed by atoms with van der Waals surface area (Å²) in [6.45, 7) is 12.8. The largest absolute Gasteiger partial charge is 0.340 e. The van der Waals surface area contributed by atoms with Gasteiger partial charge in [0.1, 0.15) is 5.82 Å². The van der Waals surface area contributed by atoms with E-state index in [0.717, 1.165) is 44.7 Å². The first-order chi connectivity index (χ1) is 13.2. The van der Waals surface area contributed by atoms with Crippen LogP contribution in [0.4, 0.5) is 4.39 Å². The number of carbonyl (C=O) groups is 2. The summed E-state index contributed by atoms with van der Waals surface area (Å²) in [6, 6.07) is 6.33. The molecule has 1 heterocycles. The highest BCUT2D eigenvalue weighted by Crippen LogP contribution is 2.19. The molecule has 1 saturated heterocycles. The average Bonchev–Trinajstić information content (AvgIpc) is 2.66. The highest BCUT2D eigenvalue weighted by molar-refractivity contribution is 5.81. The summed E-state index contributed by atoms with van der Waals surface area (Å²) in [5.74, 6) is 0.0597. The molecule has 0 spiro atoms. The Morgan fingerprint density at radius 3 is 2.21 bits per heavy atom. The molecule has 0 atom stereocenters. The van der Waals surface area contributed by atoms with Crippen LogP contribution in [0.3, 0.4) is 0 Å². The third kappa shape index (κ3) is 6.59. The quantitative estimate of drug-likeness (QED) is 0.717. The van der Waals surface area contributed by atoms with Crippen molar-refractivity contribution in [3.8, 4) is 0 Å². The zero-order valence-electron chi connectivity index (χ0n) is 17.7. The van der Waals surface area contributed by atoms with Crippen LogP contribution in [0, 0.1) is 11.2 Å². The van der Waals surface area contributed by atoms with Gasteiger partial charge in [0.05, 0.1) is 0 Å². The van der Waals surface area contributed by atoms with E-state index in [2.05, 4.69) is 4.90 Å². The molecular formula is C22H34FN3O2. The first-order valence-corrected chi connectivity index (χ1v) is 10.2. The smallest absolute Gasteiger partial charge is 0.228 e. The van der Waals surface area contributed by atoms with E-state index in [1.165, 1.54) is 12.1 Å². The fourth-order valence-electron chi connectivity index (χ4n) is 3.39. The van der Waals surface area contributed by atoms with Crippen LogP contribution in [0.15, 0.2) is 24.3 Å². The second kappa shape index (κ2) is 10.0. The third-order valence-electron chi connectivity index (χ3n) is 5.09. The molecule has 1 aromatic rings. The fraction of sp³-hybridized carbons (Fsp3) is 0.636. The van der Waals surface area contributed by atoms with Gasteiger partial charge in [-0.05, 0) is 24.1 Å². The molecular weight excluding hydrogens is 357 g/mol. The molecule has 1 fully saturated rings. The van der Waals surface area contributed by atoms with Gasteiger partial charge in [-0.3, -0.25) is 14.5 Å². The molecule has 0 bridgehead atoms. The number of halogens is 1. The molecule has 1 aromatic carbocycles. The van der Waals surface area contributed by atoms with Gasteiger partial charge in [0.15, 0.2) is 0 Å². The van der Waals surface area contributed by atoms with E-state index in [0.29, 0.717) is 19.5 Å². The van der Waals surface area contributed by atoms with Crippen LogP contribution in [-0.4, -0.2) is 65.8 Å². The van der Waals surface area contributed by atoms with E-state index >= 15 is 0 Å². The lowest BCUT2D eigenvalue weighted by Gasteiger charge is -2.37. The van der Waals surface area contributed by atoms with Crippen LogP contribution in [0.25, 0.3) is 0 Å². The highest BCUT2D eigenvalue weighted by atomic mass is 19.1. The van der Waals surface area contributed by atoms with E-state index in [-0.39, 0.29) is 17.6 Å². The predicted octanol–water partition coefficient (Wildman–Crippen LogP) is 3.14. The Morgan fingerprint density at radius 2 is 1.68 bits per heavy atom. The average molecular weight is 392 g/mol. The molecule has 28 heavy (non-hydrogen) atoms. The topological polar surface area (TPSA) is 43.9 Å². The van der Waals surface area contributed by atoms with Crippen molar-refractivity contribution in [2.24, 2.45) is 5.41 Å². The lowest BCUT2D eigenvalue weighted by molar-refractivity contribution is -0.140. The minimum absolute atomic E-state index is 0.0913. The Morgan fingerprint density at radius 1 is 1.07 bits per heavy atom. The molecule has 2 amide bonds. The van der Waals surface area contributed by atoms with Crippen molar-refractivity contribution < 1.29 is 14.0 Å². The monoisotopic (exact) mass is 391 g/mol. The molecule has 0 unspecified atom stereocenters. The minimum atomic E-state index is -0.467. The van der Waals surface area contributed by atoms with Crippen molar-refractivity contribution >= 4 is 11.8 Å². The maximum Gasteiger partial charge on any atom is 0.228 e. The number of hydrogen-bond acceptors (Lipinski definition) is 3. The summed E-state index contributed by atoms with van der Waals surface area (Å²) >= 11 is 0. The Bertz CT molecular complexity index is 647. The number of rotatable bonds is 7. The summed E-state index contributed by atoms with van der Waals surface area (Å²) in [4.78, 5) is 31.0. The molecule has 1 aliphatic rings. The molecule has 0 saturated carbocycles. The molecule has 6 heteroatoms. The number of carbonyl (C=O) groups excluding carboxylic acids is 2. The summed E-state index contributed by atoms with van der Waals surface area (Å²) in [5.41, 5.74) is 0.458. The number of hydrogen-bond donors (Lipinski definition) is 0. The SMILES string of the molecule is CCCC(=O)N1CCN(CCN(Cc2ccc(F)cc2)C(=O)C(C)(C)C)CC1. The minimum Gasteiger partial charge on any atom is -0.340 e. The number of amides is 2. The number of benzene rings is 1. The van der Waals surface area contributed by atoms with Crippen molar-refractivity contribution in [2.75, 3.05) is 39.3 Å². The Kier molecular flexibility index (Phi) is 7.98. The van der Waals surface area contributed by atoms with Crippen LogP contribution in [0.5, 0.6) is 0 Å². The van der Waals surface area contributed by atoms with Crippen molar-refractivity contribution in [3.05, 3.63) is 35.6 Å². The Balaban J connectivity index is 1.93. The third-order valence-corrected chi connectivity index (χ3v) is 5.09. The second-order valence-corrected chi connectivity index (χ2v) is 8.58. The molecule has 156 valence electrons. The van der Waals surface area contributed by atoms with Crippen LogP contribution in [0.2, 0.25) is 0 Å². The maximum atomic E-state index is 13.2. The standard InChI is InChI=1S/C22H34FN3O2/c1-5-6-20(27)25-14-11-24(12-15-25)13-16-26(21(28)22(2,3)4)17-18-7-9-19(23)10-8-18/h7-10H,5-6,11-17H2,1-4H3. The summed E-state index contributed by atoms with van der Waals surface area (Å²) in [5, 5.41) is 0. The van der Waals surface area contributed by atoms with E-state index < -0.39 is 5.41 Å². The van der Waals surface area contributed by atoms with Crippen LogP contribution in [0.1, 0.15) is 46.1 Å². The Labute approximate surface area is 168 Å². The molecule has 0 N–H and O–H groups in total. The van der Waals surface area contributed by atoms with Crippen molar-refractivity contribution in [1.82, 2.24) is 14.7 Å². The normalized spacial score (nSPS) is 15.5. The van der Waals surface area contributed by atoms with Gasteiger partial charge in [0.25, 0.3) is 0 Å². The Hall–Kier alpha value is -1.95. The summed E-state index contributed by atoms with van der Waals surface area (Å²) in [7, 11) is 0. The van der Waals surface area contributed by atoms with Gasteiger partial charge in [-0.2, -0.15) is 0 Å². The predicted molar refractivity (Wildman–Crippen MR) is 109 cm³/mol. The molecule has 1 aliphatic heterocycles. The zero-order chi connectivity index (χ0) is 20.7. The van der Waals surface area contributed by atoms with Gasteiger partial charge < -0.3 is 9.80 Å². The highest BCUT2D eigenvalue weighted by Gasteiger charge is 2.28. The first kappa shape index (κ1) is 22.3. The van der Waals surface area contributed by atoms with Crippen molar-refractivity contribution in [3.63, 3.8) is 0 Å². The molecule has 0 aliphatic carbocycles. The van der Waals surface area contributed by atoms with E-state index in [4.69, 9.17) is 0 Å². The van der Waals surface area contributed by atoms with E-state index in [1.807, 2.05) is 37.5 Å². The molecule has 0 aromatic heterocycles. The maximum absolute atomic E-state index is 13.2. The lowest BCUT2D eigenvalue weighted by Crippen LogP contribution is -2.51. The van der Waals surface area contributed by atoms with Gasteiger partial charge in [-0.1, -0.05) is 39.8 Å². The van der Waals surface area contributed by atoms with Crippen molar-refractivity contribution in [2.45, 2.75) is 47.1 Å². The lowest BCUT2D eigenvalue weighted by atomic mass is 9.94. The number of nitrogens with zero attached hydrogens (tertiary/aromatic N) is 3. The summed E-state index contributed by atoms with van der Waals surface area (Å²) in [6.07, 6.45) is 1.50. The first-order valence-electron chi connectivity index (χ1n) is 10.2. The van der Waals surface area contributed by atoms with Gasteiger partial charge in [0, 0.05) is 57.6 Å². The van der Waals surface area contributed by atoms with E-state index in [9.17, 15) is 14.0 Å². The van der Waals surface area contributed by atoms with E-state index in [1.54, 1.807) is 12.1 Å². The van der Waals surface area contributed by atoms with Crippen LogP contribution in [-0.2, 0) is 16.1 Å². The van der Waals surface area contributed by atoms with Gasteiger partial charge in [-0.25, -0.2) is 4.39 Å². The second-order valence-electron chi connectivity index (χ2n) is 8.58. The van der Waals surface area contributed by atoms with Crippen LogP contribution >= 0.6 is 0 Å². The molecule has 0 radical (unpaired) electrons. The van der Waals surface area contributed by atoms with Gasteiger partial charge in [0.2, 0.25) is 11.8 Å². The summed E-state index contributed by atoms with van der Waals surface area (Å²) < 4.78 is 13.2. The molecule has 2 rings (SSSR count). The van der Waals surface area contributed by atoms with Gasteiger partial charge in [-0.15, -0.1) is 0 Å².